The van der Waals surface area contributed by atoms with Gasteiger partial charge in [-0.05, 0) is 39.5 Å². The van der Waals surface area contributed by atoms with Crippen molar-refractivity contribution in [3.63, 3.8) is 0 Å². The predicted molar refractivity (Wildman–Crippen MR) is 124 cm³/mol. The molecule has 162 valence electrons. The summed E-state index contributed by atoms with van der Waals surface area (Å²) in [5.41, 5.74) is 0.293. The van der Waals surface area contributed by atoms with Crippen LogP contribution in [0.5, 0.6) is 0 Å². The average Bonchev–Trinajstić information content (AvgIpc) is 3.31. The van der Waals surface area contributed by atoms with Crippen molar-refractivity contribution in [3.05, 3.63) is 0 Å². The van der Waals surface area contributed by atoms with Gasteiger partial charge >= 0.3 is 0 Å². The molecular formula is C21H39IN4O2. The summed E-state index contributed by atoms with van der Waals surface area (Å²) in [6.07, 6.45) is 7.59. The minimum Gasteiger partial charge on any atom is -0.378 e. The first kappa shape index (κ1) is 23.7. The van der Waals surface area contributed by atoms with Crippen LogP contribution in [0.1, 0.15) is 66.2 Å². The van der Waals surface area contributed by atoms with E-state index in [0.29, 0.717) is 17.6 Å². The van der Waals surface area contributed by atoms with Gasteiger partial charge in [-0.25, -0.2) is 0 Å². The van der Waals surface area contributed by atoms with Crippen LogP contribution in [0.3, 0.4) is 0 Å². The molecule has 7 heteroatoms. The van der Waals surface area contributed by atoms with E-state index in [1.54, 1.807) is 0 Å². The third kappa shape index (κ3) is 4.94. The highest BCUT2D eigenvalue weighted by Crippen LogP contribution is 2.54. The Hall–Kier alpha value is -0.570. The predicted octanol–water partition coefficient (Wildman–Crippen LogP) is 3.15. The molecule has 3 aliphatic rings. The van der Waals surface area contributed by atoms with Crippen LogP contribution in [0.2, 0.25) is 0 Å². The Labute approximate surface area is 187 Å². The molecule has 3 atom stereocenters. The zero-order chi connectivity index (χ0) is 19.4. The fraction of sp³-hybridized carbons (Fsp3) is 0.905. The molecule has 3 fully saturated rings. The van der Waals surface area contributed by atoms with E-state index in [4.69, 9.17) is 9.73 Å². The first-order valence-electron chi connectivity index (χ1n) is 11.0. The second-order valence-corrected chi connectivity index (χ2v) is 8.71. The Balaban J connectivity index is 0.00000280. The number of ether oxygens (including phenoxy) is 1. The van der Waals surface area contributed by atoms with Crippen molar-refractivity contribution >= 4 is 35.8 Å². The van der Waals surface area contributed by atoms with Crippen molar-refractivity contribution < 1.29 is 9.53 Å². The largest absolute Gasteiger partial charge is 0.378 e. The smallest absolute Gasteiger partial charge is 0.225 e. The molecule has 0 aromatic carbocycles. The number of amides is 1. The molecule has 0 radical (unpaired) electrons. The average molecular weight is 506 g/mol. The molecule has 2 aliphatic carbocycles. The van der Waals surface area contributed by atoms with Gasteiger partial charge in [0.15, 0.2) is 5.96 Å². The second-order valence-electron chi connectivity index (χ2n) is 8.71. The van der Waals surface area contributed by atoms with E-state index in [1.807, 2.05) is 18.7 Å². The summed E-state index contributed by atoms with van der Waals surface area (Å²) >= 11 is 0. The fourth-order valence-corrected chi connectivity index (χ4v) is 5.18. The van der Waals surface area contributed by atoms with Crippen LogP contribution in [0.4, 0.5) is 0 Å². The molecule has 1 aliphatic heterocycles. The molecular weight excluding hydrogens is 467 g/mol. The van der Waals surface area contributed by atoms with Crippen LogP contribution < -0.4 is 10.6 Å². The van der Waals surface area contributed by atoms with Gasteiger partial charge in [0.2, 0.25) is 5.91 Å². The summed E-state index contributed by atoms with van der Waals surface area (Å²) in [6, 6.07) is 0.733. The molecule has 28 heavy (non-hydrogen) atoms. The maximum absolute atomic E-state index is 12.2. The first-order chi connectivity index (χ1) is 13.0. The van der Waals surface area contributed by atoms with Crippen molar-refractivity contribution in [2.24, 2.45) is 16.3 Å². The van der Waals surface area contributed by atoms with Gasteiger partial charge in [-0.2, -0.15) is 0 Å². The van der Waals surface area contributed by atoms with Gasteiger partial charge in [-0.1, -0.05) is 26.7 Å². The van der Waals surface area contributed by atoms with Gasteiger partial charge in [0.1, 0.15) is 0 Å². The van der Waals surface area contributed by atoms with Crippen molar-refractivity contribution in [3.8, 4) is 0 Å². The second kappa shape index (κ2) is 10.5. The third-order valence-corrected chi connectivity index (χ3v) is 6.65. The number of carbonyl (C=O) groups is 1. The number of halogens is 1. The lowest BCUT2D eigenvalue weighted by Crippen LogP contribution is -2.65. The van der Waals surface area contributed by atoms with E-state index < -0.39 is 0 Å². The number of rotatable bonds is 6. The maximum Gasteiger partial charge on any atom is 0.225 e. The Morgan fingerprint density at radius 1 is 1.25 bits per heavy atom. The number of carbonyl (C=O) groups excluding carboxylic acids is 1. The molecule has 0 aromatic rings. The Kier molecular flexibility index (Phi) is 8.85. The van der Waals surface area contributed by atoms with Crippen molar-refractivity contribution in [2.45, 2.75) is 84.4 Å². The van der Waals surface area contributed by atoms with E-state index in [0.717, 1.165) is 45.0 Å². The lowest BCUT2D eigenvalue weighted by Gasteiger charge is -2.54. The standard InChI is InChI=1S/C21H38N4O2.HI/c1-5-22-20(23-16-9-12-25(14-16)19(26)15(3)4)24-17-13-18(27-6-2)21(17)10-7-8-11-21;/h15-18H,5-14H2,1-4H3,(H2,22,23,24);1H. The van der Waals surface area contributed by atoms with Gasteiger partial charge in [0, 0.05) is 49.7 Å². The molecule has 3 unspecified atom stereocenters. The van der Waals surface area contributed by atoms with Crippen molar-refractivity contribution in [1.82, 2.24) is 15.5 Å². The summed E-state index contributed by atoms with van der Waals surface area (Å²) in [4.78, 5) is 18.9. The van der Waals surface area contributed by atoms with Crippen LogP contribution in [0.15, 0.2) is 4.99 Å². The van der Waals surface area contributed by atoms with Gasteiger partial charge in [-0.3, -0.25) is 9.79 Å². The lowest BCUT2D eigenvalue weighted by atomic mass is 9.60. The molecule has 0 bridgehead atoms. The van der Waals surface area contributed by atoms with Gasteiger partial charge < -0.3 is 20.3 Å². The zero-order valence-corrected chi connectivity index (χ0v) is 20.3. The molecule has 2 N–H and O–H groups in total. The number of likely N-dealkylation sites (tertiary alicyclic amines) is 1. The minimum atomic E-state index is 0. The quantitative estimate of drug-likeness (QED) is 0.330. The highest BCUT2D eigenvalue weighted by atomic mass is 127. The number of nitrogens with zero attached hydrogens (tertiary/aromatic N) is 2. The molecule has 1 saturated heterocycles. The van der Waals surface area contributed by atoms with Crippen LogP contribution in [0, 0.1) is 11.3 Å². The highest BCUT2D eigenvalue weighted by Gasteiger charge is 2.57. The van der Waals surface area contributed by atoms with Crippen molar-refractivity contribution in [1.29, 1.82) is 0 Å². The summed E-state index contributed by atoms with van der Waals surface area (Å²) in [5, 5.41) is 7.32. The Morgan fingerprint density at radius 2 is 1.96 bits per heavy atom. The third-order valence-electron chi connectivity index (χ3n) is 6.65. The monoisotopic (exact) mass is 506 g/mol. The summed E-state index contributed by atoms with van der Waals surface area (Å²) in [7, 11) is 0. The number of guanidine groups is 1. The molecule has 1 amide bonds. The summed E-state index contributed by atoms with van der Waals surface area (Å²) < 4.78 is 6.04. The first-order valence-corrected chi connectivity index (χ1v) is 11.0. The normalized spacial score (nSPS) is 29.0. The number of hydrogen-bond donors (Lipinski definition) is 2. The van der Waals surface area contributed by atoms with Crippen LogP contribution in [-0.2, 0) is 9.53 Å². The number of nitrogens with one attached hydrogen (secondary N) is 2. The van der Waals surface area contributed by atoms with E-state index in [1.165, 1.54) is 25.7 Å². The zero-order valence-electron chi connectivity index (χ0n) is 18.0. The van der Waals surface area contributed by atoms with Gasteiger partial charge in [0.25, 0.3) is 0 Å². The van der Waals surface area contributed by atoms with Crippen LogP contribution >= 0.6 is 24.0 Å². The molecule has 2 saturated carbocycles. The molecule has 3 rings (SSSR count). The van der Waals surface area contributed by atoms with Crippen LogP contribution in [0.25, 0.3) is 0 Å². The Bertz CT molecular complexity index is 549. The van der Waals surface area contributed by atoms with E-state index in [9.17, 15) is 4.79 Å². The number of aliphatic imine (C=N–C) groups is 1. The van der Waals surface area contributed by atoms with Crippen LogP contribution in [-0.4, -0.2) is 61.2 Å². The van der Waals surface area contributed by atoms with Gasteiger partial charge in [0.05, 0.1) is 6.10 Å². The molecule has 0 aromatic heterocycles. The number of hydrogen-bond acceptors (Lipinski definition) is 3. The maximum atomic E-state index is 12.2. The molecule has 1 heterocycles. The Morgan fingerprint density at radius 3 is 2.57 bits per heavy atom. The fourth-order valence-electron chi connectivity index (χ4n) is 5.18. The van der Waals surface area contributed by atoms with E-state index >= 15 is 0 Å². The minimum absolute atomic E-state index is 0. The SMILES string of the molecule is CCN=C(NC1CCN(C(=O)C(C)C)C1)NC1CC(OCC)C12CCCC2.I. The molecule has 6 nitrogen and oxygen atoms in total. The lowest BCUT2D eigenvalue weighted by molar-refractivity contribution is -0.133. The summed E-state index contributed by atoms with van der Waals surface area (Å²) in [5.74, 6) is 1.23. The van der Waals surface area contributed by atoms with E-state index in [2.05, 4.69) is 24.5 Å². The van der Waals surface area contributed by atoms with Crippen molar-refractivity contribution in [2.75, 3.05) is 26.2 Å². The topological polar surface area (TPSA) is 66.0 Å². The highest BCUT2D eigenvalue weighted by molar-refractivity contribution is 14.0. The summed E-state index contributed by atoms with van der Waals surface area (Å²) in [6.45, 7) is 11.3. The molecule has 1 spiro atoms. The van der Waals surface area contributed by atoms with Gasteiger partial charge in [-0.15, -0.1) is 24.0 Å². The van der Waals surface area contributed by atoms with E-state index in [-0.39, 0.29) is 41.8 Å².